The van der Waals surface area contributed by atoms with Crippen LogP contribution in [-0.2, 0) is 16.4 Å². The number of amides is 2. The van der Waals surface area contributed by atoms with E-state index in [0.29, 0.717) is 25.1 Å². The number of rotatable bonds is 5. The lowest BCUT2D eigenvalue weighted by molar-refractivity contribution is 0.169. The lowest BCUT2D eigenvalue weighted by Gasteiger charge is -2.34. The van der Waals surface area contributed by atoms with Gasteiger partial charge in [-0.15, -0.1) is 0 Å². The highest BCUT2D eigenvalue weighted by molar-refractivity contribution is 7.89. The molecule has 0 radical (unpaired) electrons. The third kappa shape index (κ3) is 5.13. The SMILES string of the molecule is Cc1ccc(S(=O)(=O)N2CCN(C(=O)NC(C)Cc3ccccc3F)CC2)cc1. The summed E-state index contributed by atoms with van der Waals surface area (Å²) in [4.78, 5) is 14.4. The van der Waals surface area contributed by atoms with Crippen LogP contribution >= 0.6 is 0 Å². The van der Waals surface area contributed by atoms with E-state index in [9.17, 15) is 17.6 Å². The number of nitrogens with one attached hydrogen (secondary N) is 1. The first kappa shape index (κ1) is 21.3. The first-order chi connectivity index (χ1) is 13.8. The van der Waals surface area contributed by atoms with E-state index in [1.807, 2.05) is 13.8 Å². The monoisotopic (exact) mass is 419 g/mol. The molecule has 1 fully saturated rings. The van der Waals surface area contributed by atoms with E-state index in [1.165, 1.54) is 10.4 Å². The van der Waals surface area contributed by atoms with Gasteiger partial charge in [0.25, 0.3) is 0 Å². The maximum absolute atomic E-state index is 13.8. The zero-order valence-corrected chi connectivity index (χ0v) is 17.5. The molecule has 1 atom stereocenters. The van der Waals surface area contributed by atoms with Gasteiger partial charge in [0.2, 0.25) is 10.0 Å². The van der Waals surface area contributed by atoms with Gasteiger partial charge in [0.15, 0.2) is 0 Å². The van der Waals surface area contributed by atoms with Crippen LogP contribution < -0.4 is 5.32 Å². The quantitative estimate of drug-likeness (QED) is 0.810. The van der Waals surface area contributed by atoms with E-state index >= 15 is 0 Å². The number of piperazine rings is 1. The Morgan fingerprint density at radius 1 is 1.07 bits per heavy atom. The first-order valence-corrected chi connectivity index (χ1v) is 11.1. The largest absolute Gasteiger partial charge is 0.335 e. The Labute approximate surface area is 171 Å². The summed E-state index contributed by atoms with van der Waals surface area (Å²) in [6.07, 6.45) is 0.389. The maximum Gasteiger partial charge on any atom is 0.317 e. The molecule has 2 aromatic carbocycles. The van der Waals surface area contributed by atoms with Gasteiger partial charge in [-0.3, -0.25) is 0 Å². The summed E-state index contributed by atoms with van der Waals surface area (Å²) < 4.78 is 40.7. The van der Waals surface area contributed by atoms with Crippen molar-refractivity contribution in [3.8, 4) is 0 Å². The molecular formula is C21H26FN3O3S. The van der Waals surface area contributed by atoms with Gasteiger partial charge in [-0.2, -0.15) is 4.31 Å². The maximum atomic E-state index is 13.8. The highest BCUT2D eigenvalue weighted by Crippen LogP contribution is 2.18. The summed E-state index contributed by atoms with van der Waals surface area (Å²) >= 11 is 0. The molecule has 1 N–H and O–H groups in total. The zero-order valence-electron chi connectivity index (χ0n) is 16.6. The fourth-order valence-corrected chi connectivity index (χ4v) is 4.76. The Morgan fingerprint density at radius 2 is 1.69 bits per heavy atom. The molecule has 1 unspecified atom stereocenters. The molecule has 8 heteroatoms. The average Bonchev–Trinajstić information content (AvgIpc) is 2.70. The number of benzene rings is 2. The Hall–Kier alpha value is -2.45. The van der Waals surface area contributed by atoms with Crippen molar-refractivity contribution in [1.29, 1.82) is 0 Å². The summed E-state index contributed by atoms with van der Waals surface area (Å²) in [6, 6.07) is 12.7. The van der Waals surface area contributed by atoms with Gasteiger partial charge in [-0.25, -0.2) is 17.6 Å². The lowest BCUT2D eigenvalue weighted by atomic mass is 10.1. The van der Waals surface area contributed by atoms with Gasteiger partial charge < -0.3 is 10.2 Å². The van der Waals surface area contributed by atoms with Crippen LogP contribution in [0.1, 0.15) is 18.1 Å². The third-order valence-electron chi connectivity index (χ3n) is 5.04. The van der Waals surface area contributed by atoms with Crippen molar-refractivity contribution in [2.24, 2.45) is 0 Å². The van der Waals surface area contributed by atoms with E-state index in [1.54, 1.807) is 47.4 Å². The molecule has 3 rings (SSSR count). The predicted molar refractivity (Wildman–Crippen MR) is 110 cm³/mol. The molecule has 1 saturated heterocycles. The van der Waals surface area contributed by atoms with Crippen LogP contribution in [-0.4, -0.2) is 55.9 Å². The molecule has 1 aliphatic heterocycles. The molecule has 0 spiro atoms. The zero-order chi connectivity index (χ0) is 21.0. The minimum Gasteiger partial charge on any atom is -0.335 e. The number of halogens is 1. The van der Waals surface area contributed by atoms with E-state index in [-0.39, 0.29) is 35.9 Å². The van der Waals surface area contributed by atoms with Crippen molar-refractivity contribution in [2.75, 3.05) is 26.2 Å². The number of aryl methyl sites for hydroxylation is 1. The van der Waals surface area contributed by atoms with Crippen molar-refractivity contribution in [2.45, 2.75) is 31.2 Å². The molecular weight excluding hydrogens is 393 g/mol. The summed E-state index contributed by atoms with van der Waals surface area (Å²) in [5.74, 6) is -0.288. The van der Waals surface area contributed by atoms with Crippen LogP contribution in [0.5, 0.6) is 0 Å². The lowest BCUT2D eigenvalue weighted by Crippen LogP contribution is -2.54. The number of sulfonamides is 1. The fraction of sp³-hybridized carbons (Fsp3) is 0.381. The van der Waals surface area contributed by atoms with Crippen LogP contribution in [0.25, 0.3) is 0 Å². The highest BCUT2D eigenvalue weighted by atomic mass is 32.2. The second-order valence-corrected chi connectivity index (χ2v) is 9.29. The summed E-state index contributed by atoms with van der Waals surface area (Å²) in [5.41, 5.74) is 1.55. The minimum absolute atomic E-state index is 0.241. The van der Waals surface area contributed by atoms with E-state index in [4.69, 9.17) is 0 Å². The van der Waals surface area contributed by atoms with Gasteiger partial charge in [0, 0.05) is 32.2 Å². The topological polar surface area (TPSA) is 69.7 Å². The van der Waals surface area contributed by atoms with E-state index in [2.05, 4.69) is 5.32 Å². The molecule has 2 aromatic rings. The van der Waals surface area contributed by atoms with Gasteiger partial charge in [0.1, 0.15) is 5.82 Å². The van der Waals surface area contributed by atoms with Crippen molar-refractivity contribution in [3.05, 3.63) is 65.5 Å². The second-order valence-electron chi connectivity index (χ2n) is 7.35. The van der Waals surface area contributed by atoms with Crippen molar-refractivity contribution in [1.82, 2.24) is 14.5 Å². The molecule has 1 aliphatic rings. The van der Waals surface area contributed by atoms with Crippen LogP contribution in [0.3, 0.4) is 0 Å². The second kappa shape index (κ2) is 8.92. The average molecular weight is 420 g/mol. The van der Waals surface area contributed by atoms with Crippen LogP contribution in [0, 0.1) is 12.7 Å². The Kier molecular flexibility index (Phi) is 6.54. The number of urea groups is 1. The van der Waals surface area contributed by atoms with Crippen molar-refractivity contribution < 1.29 is 17.6 Å². The molecule has 1 heterocycles. The van der Waals surface area contributed by atoms with Crippen molar-refractivity contribution >= 4 is 16.1 Å². The van der Waals surface area contributed by atoms with Gasteiger partial charge >= 0.3 is 6.03 Å². The Morgan fingerprint density at radius 3 is 2.31 bits per heavy atom. The summed E-state index contributed by atoms with van der Waals surface area (Å²) in [6.45, 7) is 4.83. The standard InChI is InChI=1S/C21H26FN3O3S/c1-16-7-9-19(10-8-16)29(27,28)25-13-11-24(12-14-25)21(26)23-17(2)15-18-5-3-4-6-20(18)22/h3-10,17H,11-15H2,1-2H3,(H,23,26). The molecule has 0 bridgehead atoms. The minimum atomic E-state index is -3.56. The number of hydrogen-bond acceptors (Lipinski definition) is 3. The van der Waals surface area contributed by atoms with Crippen LogP contribution in [0.2, 0.25) is 0 Å². The van der Waals surface area contributed by atoms with Crippen molar-refractivity contribution in [3.63, 3.8) is 0 Å². The van der Waals surface area contributed by atoms with Crippen LogP contribution in [0.4, 0.5) is 9.18 Å². The number of nitrogens with zero attached hydrogens (tertiary/aromatic N) is 2. The molecule has 6 nitrogen and oxygen atoms in total. The Balaban J connectivity index is 1.54. The van der Waals surface area contributed by atoms with E-state index < -0.39 is 10.0 Å². The number of carbonyl (C=O) groups is 1. The number of hydrogen-bond donors (Lipinski definition) is 1. The molecule has 0 aliphatic carbocycles. The smallest absolute Gasteiger partial charge is 0.317 e. The molecule has 29 heavy (non-hydrogen) atoms. The fourth-order valence-electron chi connectivity index (χ4n) is 3.34. The number of carbonyl (C=O) groups excluding carboxylic acids is 1. The summed E-state index contributed by atoms with van der Waals surface area (Å²) in [5, 5.41) is 2.87. The highest BCUT2D eigenvalue weighted by Gasteiger charge is 2.30. The van der Waals surface area contributed by atoms with Gasteiger partial charge in [-0.1, -0.05) is 35.9 Å². The summed E-state index contributed by atoms with van der Waals surface area (Å²) in [7, 11) is -3.56. The normalized spacial score (nSPS) is 16.4. The van der Waals surface area contributed by atoms with Crippen LogP contribution in [0.15, 0.2) is 53.4 Å². The Bertz CT molecular complexity index is 955. The molecule has 0 saturated carbocycles. The van der Waals surface area contributed by atoms with E-state index in [0.717, 1.165) is 5.56 Å². The predicted octanol–water partition coefficient (Wildman–Crippen LogP) is 2.78. The molecule has 0 aromatic heterocycles. The van der Waals surface area contributed by atoms with Gasteiger partial charge in [0.05, 0.1) is 4.90 Å². The molecule has 2 amide bonds. The first-order valence-electron chi connectivity index (χ1n) is 9.63. The third-order valence-corrected chi connectivity index (χ3v) is 6.95. The van der Waals surface area contributed by atoms with Gasteiger partial charge in [-0.05, 0) is 44.0 Å². The molecule has 156 valence electrons.